The van der Waals surface area contributed by atoms with Crippen molar-refractivity contribution in [1.29, 1.82) is 0 Å². The molecule has 0 fully saturated rings. The predicted molar refractivity (Wildman–Crippen MR) is 19.7 cm³/mol. The van der Waals surface area contributed by atoms with E-state index in [1.165, 1.54) is 0 Å². The first-order valence-corrected chi connectivity index (χ1v) is 4.68. The van der Waals surface area contributed by atoms with E-state index in [1.54, 1.807) is 0 Å². The Kier molecular flexibility index (Phi) is 21.0. The van der Waals surface area contributed by atoms with Gasteiger partial charge in [0.15, 0.2) is 0 Å². The van der Waals surface area contributed by atoms with E-state index in [1.807, 2.05) is 0 Å². The summed E-state index contributed by atoms with van der Waals surface area (Å²) in [4.78, 5) is 0. The molecule has 0 amide bonds. The fourth-order valence-corrected chi connectivity index (χ4v) is 0. The van der Waals surface area contributed by atoms with E-state index in [2.05, 4.69) is 0 Å². The van der Waals surface area contributed by atoms with Gasteiger partial charge in [-0.3, -0.25) is 0 Å². The molecule has 0 spiro atoms. The van der Waals surface area contributed by atoms with Gasteiger partial charge in [-0.2, -0.15) is 0 Å². The van der Waals surface area contributed by atoms with Crippen LogP contribution in [0.15, 0.2) is 0 Å². The summed E-state index contributed by atoms with van der Waals surface area (Å²) in [5.41, 5.74) is 0. The van der Waals surface area contributed by atoms with Crippen LogP contribution < -0.4 is 0 Å². The standard InChI is InChI=1S/2ClH.Mg.Ti.2H/h2*1H;;;;/q;;2*+2;2*-1/p-2. The maximum atomic E-state index is 4.89. The average Bonchev–Trinajstić information content (AvgIpc) is 0.918. The Labute approximate surface area is 61.0 Å². The van der Waals surface area contributed by atoms with Crippen LogP contribution in [0, 0.1) is 0 Å². The summed E-state index contributed by atoms with van der Waals surface area (Å²) in [7, 11) is 9.78. The Hall–Kier alpha value is 2.06. The first-order chi connectivity index (χ1) is 1.41. The smallest absolute Gasteiger partial charge is 1.00 e. The van der Waals surface area contributed by atoms with Crippen LogP contribution >= 0.6 is 18.6 Å². The Balaban J connectivity index is -0.00000000667. The van der Waals surface area contributed by atoms with E-state index in [4.69, 9.17) is 18.6 Å². The topological polar surface area (TPSA) is 0 Å². The Morgan fingerprint density at radius 3 is 1.50 bits per heavy atom. The molecule has 0 aromatic heterocycles. The number of hydrogen-bond acceptors (Lipinski definition) is 0. The predicted octanol–water partition coefficient (Wildman–Crippen LogP) is 1.22. The summed E-state index contributed by atoms with van der Waals surface area (Å²) in [5, 5.41) is 0. The van der Waals surface area contributed by atoms with Gasteiger partial charge in [0, 0.05) is 0 Å². The first-order valence-electron chi connectivity index (χ1n) is 0.378. The van der Waals surface area contributed by atoms with E-state index in [0.717, 1.165) is 0 Å². The Morgan fingerprint density at radius 2 is 1.50 bits per heavy atom. The minimum Gasteiger partial charge on any atom is -1.00 e. The fourth-order valence-electron chi connectivity index (χ4n) is 0. The van der Waals surface area contributed by atoms with Gasteiger partial charge in [0.25, 0.3) is 0 Å². The molecule has 0 rings (SSSR count). The molecule has 0 bridgehead atoms. The van der Waals surface area contributed by atoms with E-state index < -0.39 is 17.0 Å². The second kappa shape index (κ2) is 8.91. The fraction of sp³-hybridized carbons (Fsp3) is 0. The van der Waals surface area contributed by atoms with Crippen LogP contribution in [-0.4, -0.2) is 23.1 Å². The van der Waals surface area contributed by atoms with Crippen LogP contribution in [0.3, 0.4) is 0 Å². The van der Waals surface area contributed by atoms with Crippen LogP contribution in [0.1, 0.15) is 2.85 Å². The summed E-state index contributed by atoms with van der Waals surface area (Å²) < 4.78 is 0. The van der Waals surface area contributed by atoms with Gasteiger partial charge in [-0.15, -0.1) is 0 Å². The largest absolute Gasteiger partial charge is 2.00 e. The first kappa shape index (κ1) is 9.41. The molecular formula is H2Cl2MgTi. The van der Waals surface area contributed by atoms with Gasteiger partial charge in [-0.1, -0.05) is 0 Å². The molecule has 0 aromatic rings. The molecule has 0 atom stereocenters. The second-order valence-corrected chi connectivity index (χ2v) is 2.65. The van der Waals surface area contributed by atoms with Crippen molar-refractivity contribution in [2.24, 2.45) is 0 Å². The maximum Gasteiger partial charge on any atom is 2.00 e. The van der Waals surface area contributed by atoms with E-state index in [-0.39, 0.29) is 25.9 Å². The second-order valence-electron chi connectivity index (χ2n) is 0.0714. The third-order valence-electron chi connectivity index (χ3n) is 0. The molecule has 0 saturated carbocycles. The Bertz CT molecular complexity index is 11.5. The molecule has 4 heteroatoms. The van der Waals surface area contributed by atoms with Gasteiger partial charge in [0.2, 0.25) is 0 Å². The van der Waals surface area contributed by atoms with Gasteiger partial charge in [0.05, 0.1) is 0 Å². The zero-order chi connectivity index (χ0) is 2.71. The molecule has 22 valence electrons. The van der Waals surface area contributed by atoms with E-state index >= 15 is 0 Å². The van der Waals surface area contributed by atoms with Crippen LogP contribution in [0.4, 0.5) is 0 Å². The van der Waals surface area contributed by atoms with Crippen LogP contribution in [0.2, 0.25) is 0 Å². The number of rotatable bonds is 0. The maximum absolute atomic E-state index is 4.89. The monoisotopic (exact) mass is 144 g/mol. The van der Waals surface area contributed by atoms with Crippen LogP contribution in [0.25, 0.3) is 0 Å². The zero-order valence-electron chi connectivity index (χ0n) is 3.96. The van der Waals surface area contributed by atoms with Crippen molar-refractivity contribution in [3.63, 3.8) is 0 Å². The molecule has 0 N–H and O–H groups in total. The molecule has 0 aliphatic rings. The number of halogens is 2. The van der Waals surface area contributed by atoms with Crippen LogP contribution in [0.5, 0.6) is 0 Å². The van der Waals surface area contributed by atoms with Gasteiger partial charge in [0.1, 0.15) is 0 Å². The summed E-state index contributed by atoms with van der Waals surface area (Å²) in [6, 6.07) is 0. The molecule has 0 saturated heterocycles. The molecule has 0 radical (unpaired) electrons. The Morgan fingerprint density at radius 1 is 1.50 bits per heavy atom. The molecular weight excluding hydrogens is 143 g/mol. The summed E-state index contributed by atoms with van der Waals surface area (Å²) in [6.45, 7) is 0. The molecule has 0 aliphatic carbocycles. The van der Waals surface area contributed by atoms with Crippen molar-refractivity contribution in [1.82, 2.24) is 0 Å². The van der Waals surface area contributed by atoms with Crippen molar-refractivity contribution in [3.8, 4) is 0 Å². The molecule has 4 heavy (non-hydrogen) atoms. The van der Waals surface area contributed by atoms with E-state index in [0.29, 0.717) is 0 Å². The van der Waals surface area contributed by atoms with Crippen molar-refractivity contribution >= 4 is 41.7 Å². The van der Waals surface area contributed by atoms with Crippen LogP contribution in [-0.2, 0) is 17.0 Å². The molecule has 0 heterocycles. The summed E-state index contributed by atoms with van der Waals surface area (Å²) >= 11 is -0.556. The third kappa shape index (κ3) is 8.96. The zero-order valence-corrected chi connectivity index (χ0v) is 6.45. The average molecular weight is 145 g/mol. The number of hydrogen-bond donors (Lipinski definition) is 0. The molecule has 0 unspecified atom stereocenters. The minimum absolute atomic E-state index is 0. The van der Waals surface area contributed by atoms with E-state index in [9.17, 15) is 0 Å². The molecule has 0 nitrogen and oxygen atoms in total. The quantitative estimate of drug-likeness (QED) is 0.449. The third-order valence-corrected chi connectivity index (χ3v) is 0. The summed E-state index contributed by atoms with van der Waals surface area (Å²) in [6.07, 6.45) is 0. The van der Waals surface area contributed by atoms with Gasteiger partial charge >= 0.3 is 58.7 Å². The molecule has 0 aromatic carbocycles. The molecule has 0 aliphatic heterocycles. The van der Waals surface area contributed by atoms with Gasteiger partial charge in [-0.05, 0) is 0 Å². The van der Waals surface area contributed by atoms with Crippen molar-refractivity contribution in [2.45, 2.75) is 0 Å². The van der Waals surface area contributed by atoms with Gasteiger partial charge in [-0.25, -0.2) is 0 Å². The van der Waals surface area contributed by atoms with Crippen molar-refractivity contribution in [2.75, 3.05) is 0 Å². The summed E-state index contributed by atoms with van der Waals surface area (Å²) in [5.74, 6) is 0. The van der Waals surface area contributed by atoms with Gasteiger partial charge < -0.3 is 2.85 Å². The minimum atomic E-state index is -0.556. The van der Waals surface area contributed by atoms with Crippen molar-refractivity contribution in [3.05, 3.63) is 0 Å². The van der Waals surface area contributed by atoms with Crippen molar-refractivity contribution < 1.29 is 19.9 Å². The SMILES string of the molecule is [Cl][Ti][Cl].[H-].[H-].[Mg+2]. The normalized spacial score (nSPS) is 3.50.